The molecule has 80 valence electrons. The molecule has 0 aliphatic rings. The van der Waals surface area contributed by atoms with Crippen LogP contribution >= 0.6 is 0 Å². The second kappa shape index (κ2) is 4.39. The Labute approximate surface area is 91.4 Å². The van der Waals surface area contributed by atoms with Gasteiger partial charge in [0, 0.05) is 17.3 Å². The second-order valence-corrected chi connectivity index (χ2v) is 3.14. The Balaban J connectivity index is 2.29. The molecule has 5 nitrogen and oxygen atoms in total. The SMILES string of the molecule is O=C(/C=N\O)Nc1ccc2ncccc2c1. The van der Waals surface area contributed by atoms with Crippen molar-refractivity contribution in [1.29, 1.82) is 0 Å². The van der Waals surface area contributed by atoms with Gasteiger partial charge in [-0.2, -0.15) is 0 Å². The monoisotopic (exact) mass is 215 g/mol. The van der Waals surface area contributed by atoms with Crippen LogP contribution in [-0.2, 0) is 4.79 Å². The van der Waals surface area contributed by atoms with Crippen molar-refractivity contribution >= 4 is 28.7 Å². The third-order valence-corrected chi connectivity index (χ3v) is 2.05. The lowest BCUT2D eigenvalue weighted by Gasteiger charge is -2.02. The highest BCUT2D eigenvalue weighted by Crippen LogP contribution is 2.16. The summed E-state index contributed by atoms with van der Waals surface area (Å²) in [6.07, 6.45) is 2.51. The van der Waals surface area contributed by atoms with E-state index in [2.05, 4.69) is 15.5 Å². The first kappa shape index (κ1) is 10.1. The molecule has 0 aliphatic carbocycles. The fourth-order valence-corrected chi connectivity index (χ4v) is 1.38. The molecule has 0 atom stereocenters. The molecule has 2 N–H and O–H groups in total. The number of carbonyl (C=O) groups excluding carboxylic acids is 1. The Kier molecular flexibility index (Phi) is 2.77. The molecule has 1 aromatic carbocycles. The predicted octanol–water partition coefficient (Wildman–Crippen LogP) is 1.63. The molecule has 0 saturated carbocycles. The van der Waals surface area contributed by atoms with Gasteiger partial charge in [-0.25, -0.2) is 0 Å². The average Bonchev–Trinajstić information content (AvgIpc) is 2.29. The summed E-state index contributed by atoms with van der Waals surface area (Å²) in [4.78, 5) is 15.3. The summed E-state index contributed by atoms with van der Waals surface area (Å²) in [6, 6.07) is 9.06. The van der Waals surface area contributed by atoms with Crippen LogP contribution in [0, 0.1) is 0 Å². The number of hydrogen-bond acceptors (Lipinski definition) is 4. The van der Waals surface area contributed by atoms with Crippen molar-refractivity contribution in [2.75, 3.05) is 5.32 Å². The largest absolute Gasteiger partial charge is 0.411 e. The minimum absolute atomic E-state index is 0.481. The van der Waals surface area contributed by atoms with Crippen molar-refractivity contribution in [3.8, 4) is 0 Å². The van der Waals surface area contributed by atoms with E-state index in [1.165, 1.54) is 0 Å². The van der Waals surface area contributed by atoms with Gasteiger partial charge < -0.3 is 10.5 Å². The van der Waals surface area contributed by atoms with Crippen LogP contribution in [0.3, 0.4) is 0 Å². The van der Waals surface area contributed by atoms with E-state index in [1.54, 1.807) is 24.4 Å². The van der Waals surface area contributed by atoms with E-state index in [1.807, 2.05) is 12.1 Å². The molecule has 0 bridgehead atoms. The number of amides is 1. The molecule has 0 aliphatic heterocycles. The lowest BCUT2D eigenvalue weighted by molar-refractivity contribution is -0.110. The number of carbonyl (C=O) groups is 1. The van der Waals surface area contributed by atoms with E-state index in [-0.39, 0.29) is 0 Å². The molecule has 0 unspecified atom stereocenters. The van der Waals surface area contributed by atoms with Crippen LogP contribution in [0.25, 0.3) is 10.9 Å². The zero-order valence-electron chi connectivity index (χ0n) is 8.29. The number of rotatable bonds is 2. The van der Waals surface area contributed by atoms with Crippen LogP contribution in [0.2, 0.25) is 0 Å². The first-order valence-electron chi connectivity index (χ1n) is 4.63. The summed E-state index contributed by atoms with van der Waals surface area (Å²) in [5.41, 5.74) is 1.49. The van der Waals surface area contributed by atoms with E-state index in [9.17, 15) is 4.79 Å². The van der Waals surface area contributed by atoms with Crippen molar-refractivity contribution in [1.82, 2.24) is 4.98 Å². The van der Waals surface area contributed by atoms with E-state index in [0.29, 0.717) is 5.69 Å². The number of oxime groups is 1. The van der Waals surface area contributed by atoms with Crippen LogP contribution in [0.5, 0.6) is 0 Å². The molecular weight excluding hydrogens is 206 g/mol. The number of pyridine rings is 1. The van der Waals surface area contributed by atoms with Crippen LogP contribution in [-0.4, -0.2) is 22.3 Å². The molecule has 0 saturated heterocycles. The van der Waals surface area contributed by atoms with Crippen molar-refractivity contribution < 1.29 is 10.0 Å². The zero-order chi connectivity index (χ0) is 11.4. The topological polar surface area (TPSA) is 74.6 Å². The summed E-state index contributed by atoms with van der Waals surface area (Å²) in [5, 5.41) is 14.3. The van der Waals surface area contributed by atoms with Gasteiger partial charge in [-0.1, -0.05) is 11.2 Å². The fraction of sp³-hybridized carbons (Fsp3) is 0. The number of aromatic nitrogens is 1. The molecule has 1 aromatic heterocycles. The van der Waals surface area contributed by atoms with Crippen molar-refractivity contribution in [3.63, 3.8) is 0 Å². The van der Waals surface area contributed by atoms with Gasteiger partial charge in [0.1, 0.15) is 6.21 Å². The van der Waals surface area contributed by atoms with Gasteiger partial charge >= 0.3 is 0 Å². The molecule has 16 heavy (non-hydrogen) atoms. The van der Waals surface area contributed by atoms with Crippen molar-refractivity contribution in [3.05, 3.63) is 36.5 Å². The quantitative estimate of drug-likeness (QED) is 0.454. The molecule has 5 heteroatoms. The molecule has 1 amide bonds. The summed E-state index contributed by atoms with van der Waals surface area (Å²) in [6.45, 7) is 0. The van der Waals surface area contributed by atoms with Gasteiger partial charge in [0.05, 0.1) is 5.52 Å². The molecule has 0 spiro atoms. The Morgan fingerprint density at radius 2 is 2.31 bits per heavy atom. The number of fused-ring (bicyclic) bond motifs is 1. The summed E-state index contributed by atoms with van der Waals surface area (Å²) >= 11 is 0. The molecule has 2 aromatic rings. The van der Waals surface area contributed by atoms with Crippen LogP contribution < -0.4 is 5.32 Å². The number of nitrogens with zero attached hydrogens (tertiary/aromatic N) is 2. The normalized spacial score (nSPS) is 10.8. The third-order valence-electron chi connectivity index (χ3n) is 2.05. The second-order valence-electron chi connectivity index (χ2n) is 3.14. The lowest BCUT2D eigenvalue weighted by atomic mass is 10.2. The minimum Gasteiger partial charge on any atom is -0.411 e. The van der Waals surface area contributed by atoms with Gasteiger partial charge in [0.15, 0.2) is 0 Å². The van der Waals surface area contributed by atoms with E-state index in [0.717, 1.165) is 17.1 Å². The first-order valence-corrected chi connectivity index (χ1v) is 4.63. The molecule has 2 rings (SSSR count). The Morgan fingerprint density at radius 1 is 1.44 bits per heavy atom. The maximum absolute atomic E-state index is 11.1. The highest BCUT2D eigenvalue weighted by atomic mass is 16.4. The Bertz CT molecular complexity index is 552. The van der Waals surface area contributed by atoms with E-state index < -0.39 is 5.91 Å². The summed E-state index contributed by atoms with van der Waals surface area (Å²) < 4.78 is 0. The number of benzene rings is 1. The Morgan fingerprint density at radius 3 is 3.12 bits per heavy atom. The predicted molar refractivity (Wildman–Crippen MR) is 60.7 cm³/mol. The molecule has 1 heterocycles. The highest BCUT2D eigenvalue weighted by Gasteiger charge is 2.00. The smallest absolute Gasteiger partial charge is 0.270 e. The molecule has 0 fully saturated rings. The van der Waals surface area contributed by atoms with E-state index in [4.69, 9.17) is 5.21 Å². The highest BCUT2D eigenvalue weighted by molar-refractivity contribution is 6.31. The minimum atomic E-state index is -0.481. The number of hydrogen-bond donors (Lipinski definition) is 2. The van der Waals surface area contributed by atoms with Gasteiger partial charge in [-0.3, -0.25) is 9.78 Å². The summed E-state index contributed by atoms with van der Waals surface area (Å²) in [7, 11) is 0. The van der Waals surface area contributed by atoms with E-state index >= 15 is 0 Å². The maximum Gasteiger partial charge on any atom is 0.270 e. The maximum atomic E-state index is 11.1. The van der Waals surface area contributed by atoms with Gasteiger partial charge in [-0.15, -0.1) is 0 Å². The standard InChI is InChI=1S/C11H9N3O2/c15-11(7-13-16)14-9-3-4-10-8(6-9)2-1-5-12-10/h1-7,16H,(H,14,15)/b13-7-. The molecule has 0 radical (unpaired) electrons. The summed E-state index contributed by atoms with van der Waals surface area (Å²) in [5.74, 6) is -0.481. The third kappa shape index (κ3) is 2.14. The number of anilines is 1. The lowest BCUT2D eigenvalue weighted by Crippen LogP contribution is -2.12. The molecular formula is C11H9N3O2. The van der Waals surface area contributed by atoms with Gasteiger partial charge in [0.25, 0.3) is 5.91 Å². The first-order chi connectivity index (χ1) is 7.79. The van der Waals surface area contributed by atoms with Gasteiger partial charge in [-0.05, 0) is 24.3 Å². The Hall–Kier alpha value is -2.43. The van der Waals surface area contributed by atoms with Crippen molar-refractivity contribution in [2.45, 2.75) is 0 Å². The average molecular weight is 215 g/mol. The van der Waals surface area contributed by atoms with Crippen LogP contribution in [0.15, 0.2) is 41.7 Å². The van der Waals surface area contributed by atoms with Crippen LogP contribution in [0.1, 0.15) is 0 Å². The number of nitrogens with one attached hydrogen (secondary N) is 1. The zero-order valence-corrected chi connectivity index (χ0v) is 8.29. The van der Waals surface area contributed by atoms with Crippen LogP contribution in [0.4, 0.5) is 5.69 Å². The van der Waals surface area contributed by atoms with Crippen molar-refractivity contribution in [2.24, 2.45) is 5.16 Å². The fourth-order valence-electron chi connectivity index (χ4n) is 1.38. The van der Waals surface area contributed by atoms with Gasteiger partial charge in [0.2, 0.25) is 0 Å².